The van der Waals surface area contributed by atoms with Gasteiger partial charge in [0.2, 0.25) is 5.91 Å². The fourth-order valence-electron chi connectivity index (χ4n) is 1.71. The van der Waals surface area contributed by atoms with Crippen molar-refractivity contribution in [1.29, 1.82) is 0 Å². The summed E-state index contributed by atoms with van der Waals surface area (Å²) in [5, 5.41) is 2.63. The zero-order chi connectivity index (χ0) is 13.8. The largest absolute Gasteiger partial charge is 0.487 e. The molecule has 1 aromatic rings. The minimum atomic E-state index is -0.454. The van der Waals surface area contributed by atoms with Crippen LogP contribution in [0.3, 0.4) is 0 Å². The van der Waals surface area contributed by atoms with Crippen LogP contribution in [0.4, 0.5) is 10.1 Å². The first-order chi connectivity index (χ1) is 9.10. The highest BCUT2D eigenvalue weighted by atomic mass is 35.5. The highest BCUT2D eigenvalue weighted by Crippen LogP contribution is 2.28. The fraction of sp³-hybridized carbons (Fsp3) is 0.500. The van der Waals surface area contributed by atoms with Crippen LogP contribution in [-0.4, -0.2) is 18.6 Å². The Balaban J connectivity index is 0.00000200. The van der Waals surface area contributed by atoms with Gasteiger partial charge in [-0.2, -0.15) is 0 Å². The molecule has 1 aromatic carbocycles. The van der Waals surface area contributed by atoms with Gasteiger partial charge in [0.15, 0.2) is 11.6 Å². The first-order valence-electron chi connectivity index (χ1n) is 6.57. The van der Waals surface area contributed by atoms with Crippen molar-refractivity contribution in [2.75, 3.05) is 11.9 Å². The van der Waals surface area contributed by atoms with Gasteiger partial charge in [0.05, 0.1) is 6.10 Å². The second kappa shape index (κ2) is 7.45. The molecule has 6 heteroatoms. The van der Waals surface area contributed by atoms with Crippen molar-refractivity contribution >= 4 is 24.0 Å². The molecule has 0 radical (unpaired) electrons. The first kappa shape index (κ1) is 16.7. The number of nitrogens with one attached hydrogen (secondary N) is 1. The normalized spacial score (nSPS) is 15.8. The molecule has 1 aliphatic carbocycles. The molecule has 112 valence electrons. The van der Waals surface area contributed by atoms with E-state index in [4.69, 9.17) is 10.5 Å². The number of halogens is 2. The molecule has 0 heterocycles. The van der Waals surface area contributed by atoms with Crippen LogP contribution in [0.5, 0.6) is 5.75 Å². The van der Waals surface area contributed by atoms with E-state index in [0.29, 0.717) is 5.69 Å². The summed E-state index contributed by atoms with van der Waals surface area (Å²) in [5.74, 6) is -0.719. The number of amides is 1. The minimum absolute atomic E-state index is 0. The first-order valence-corrected chi connectivity index (χ1v) is 6.57. The molecule has 0 aliphatic heterocycles. The van der Waals surface area contributed by atoms with Crippen molar-refractivity contribution in [2.24, 2.45) is 11.7 Å². The molecular formula is C14H20ClFN2O2. The summed E-state index contributed by atoms with van der Waals surface area (Å²) in [6, 6.07) is 4.46. The average Bonchev–Trinajstić information content (AvgIpc) is 2.34. The van der Waals surface area contributed by atoms with Crippen LogP contribution in [0.15, 0.2) is 18.2 Å². The van der Waals surface area contributed by atoms with Crippen LogP contribution in [0, 0.1) is 11.7 Å². The van der Waals surface area contributed by atoms with Crippen molar-refractivity contribution in [1.82, 2.24) is 0 Å². The highest BCUT2D eigenvalue weighted by Gasteiger charge is 2.20. The Morgan fingerprint density at radius 3 is 2.75 bits per heavy atom. The average molecular weight is 303 g/mol. The summed E-state index contributed by atoms with van der Waals surface area (Å²) in [5.41, 5.74) is 5.82. The number of nitrogens with two attached hydrogens (primary N) is 1. The monoisotopic (exact) mass is 302 g/mol. The Morgan fingerprint density at radius 1 is 1.55 bits per heavy atom. The van der Waals surface area contributed by atoms with E-state index >= 15 is 0 Å². The second-order valence-corrected chi connectivity index (χ2v) is 4.94. The molecule has 20 heavy (non-hydrogen) atoms. The number of rotatable bonds is 5. The summed E-state index contributed by atoms with van der Waals surface area (Å²) in [4.78, 5) is 11.6. The van der Waals surface area contributed by atoms with Crippen molar-refractivity contribution in [3.63, 3.8) is 0 Å². The minimum Gasteiger partial charge on any atom is -0.487 e. The van der Waals surface area contributed by atoms with E-state index in [1.54, 1.807) is 19.1 Å². The summed E-state index contributed by atoms with van der Waals surface area (Å²) in [7, 11) is 0. The molecule has 2 rings (SSSR count). The van der Waals surface area contributed by atoms with Gasteiger partial charge in [-0.1, -0.05) is 6.92 Å². The van der Waals surface area contributed by atoms with Crippen molar-refractivity contribution in [3.05, 3.63) is 24.0 Å². The molecule has 1 unspecified atom stereocenters. The predicted molar refractivity (Wildman–Crippen MR) is 78.8 cm³/mol. The van der Waals surface area contributed by atoms with Gasteiger partial charge >= 0.3 is 0 Å². The van der Waals surface area contributed by atoms with E-state index < -0.39 is 5.82 Å². The molecule has 1 atom stereocenters. The Labute approximate surface area is 124 Å². The van der Waals surface area contributed by atoms with Crippen LogP contribution in [-0.2, 0) is 4.79 Å². The zero-order valence-corrected chi connectivity index (χ0v) is 12.2. The number of carbonyl (C=O) groups excluding carboxylic acids is 1. The smallest absolute Gasteiger partial charge is 0.228 e. The maximum absolute atomic E-state index is 13.8. The van der Waals surface area contributed by atoms with Crippen molar-refractivity contribution in [2.45, 2.75) is 32.3 Å². The van der Waals surface area contributed by atoms with E-state index in [1.165, 1.54) is 6.07 Å². The lowest BCUT2D eigenvalue weighted by atomic mass is 9.96. The molecule has 3 N–H and O–H groups in total. The lowest BCUT2D eigenvalue weighted by molar-refractivity contribution is -0.119. The standard InChI is InChI=1S/C14H19FN2O2.ClH/c1-9(8-16)14(18)17-10-5-6-13(12(15)7-10)19-11-3-2-4-11;/h5-7,9,11H,2-4,8,16H2,1H3,(H,17,18);1H. The number of carbonyl (C=O) groups is 1. The summed E-state index contributed by atoms with van der Waals surface area (Å²) in [6.07, 6.45) is 3.22. The van der Waals surface area contributed by atoms with E-state index in [0.717, 1.165) is 19.3 Å². The van der Waals surface area contributed by atoms with Crippen molar-refractivity contribution < 1.29 is 13.9 Å². The summed E-state index contributed by atoms with van der Waals surface area (Å²) >= 11 is 0. The zero-order valence-electron chi connectivity index (χ0n) is 11.4. The lowest BCUT2D eigenvalue weighted by Crippen LogP contribution is -2.27. The molecule has 1 saturated carbocycles. The maximum atomic E-state index is 13.8. The number of hydrogen-bond donors (Lipinski definition) is 2. The van der Waals surface area contributed by atoms with Gasteiger partial charge in [-0.15, -0.1) is 12.4 Å². The number of hydrogen-bond acceptors (Lipinski definition) is 3. The third-order valence-corrected chi connectivity index (χ3v) is 3.35. The summed E-state index contributed by atoms with van der Waals surface area (Å²) < 4.78 is 19.3. The number of benzene rings is 1. The predicted octanol–water partition coefficient (Wildman–Crippen LogP) is 2.71. The quantitative estimate of drug-likeness (QED) is 0.879. The topological polar surface area (TPSA) is 64.4 Å². The maximum Gasteiger partial charge on any atom is 0.228 e. The van der Waals surface area contributed by atoms with Gasteiger partial charge < -0.3 is 15.8 Å². The van der Waals surface area contributed by atoms with E-state index in [9.17, 15) is 9.18 Å². The molecular weight excluding hydrogens is 283 g/mol. The van der Waals surface area contributed by atoms with Gasteiger partial charge in [-0.25, -0.2) is 4.39 Å². The number of anilines is 1. The molecule has 0 saturated heterocycles. The Kier molecular flexibility index (Phi) is 6.23. The molecule has 0 aromatic heterocycles. The SMILES string of the molecule is CC(CN)C(=O)Nc1ccc(OC2CCC2)c(F)c1.Cl. The van der Waals surface area contributed by atoms with Crippen LogP contribution >= 0.6 is 12.4 Å². The molecule has 0 bridgehead atoms. The fourth-order valence-corrected chi connectivity index (χ4v) is 1.71. The van der Waals surface area contributed by atoms with Gasteiger partial charge in [0, 0.05) is 24.2 Å². The van der Waals surface area contributed by atoms with Crippen LogP contribution in [0.25, 0.3) is 0 Å². The van der Waals surface area contributed by atoms with Gasteiger partial charge in [0.25, 0.3) is 0 Å². The van der Waals surface area contributed by atoms with E-state index in [2.05, 4.69) is 5.32 Å². The molecule has 4 nitrogen and oxygen atoms in total. The third-order valence-electron chi connectivity index (χ3n) is 3.35. The van der Waals surface area contributed by atoms with Gasteiger partial charge in [0.1, 0.15) is 0 Å². The van der Waals surface area contributed by atoms with E-state index in [-0.39, 0.29) is 42.6 Å². The Bertz CT molecular complexity index is 466. The summed E-state index contributed by atoms with van der Waals surface area (Å²) in [6.45, 7) is 1.98. The van der Waals surface area contributed by atoms with Crippen LogP contribution < -0.4 is 15.8 Å². The third kappa shape index (κ3) is 4.08. The van der Waals surface area contributed by atoms with Gasteiger partial charge in [-0.05, 0) is 31.4 Å². The Morgan fingerprint density at radius 2 is 2.25 bits per heavy atom. The van der Waals surface area contributed by atoms with E-state index in [1.807, 2.05) is 0 Å². The lowest BCUT2D eigenvalue weighted by Gasteiger charge is -2.26. The number of ether oxygens (including phenoxy) is 1. The van der Waals surface area contributed by atoms with Gasteiger partial charge in [-0.3, -0.25) is 4.79 Å². The molecule has 0 spiro atoms. The van der Waals surface area contributed by atoms with Crippen LogP contribution in [0.1, 0.15) is 26.2 Å². The van der Waals surface area contributed by atoms with Crippen molar-refractivity contribution in [3.8, 4) is 5.75 Å². The molecule has 1 fully saturated rings. The second-order valence-electron chi connectivity index (χ2n) is 4.94. The van der Waals surface area contributed by atoms with Crippen LogP contribution in [0.2, 0.25) is 0 Å². The highest BCUT2D eigenvalue weighted by molar-refractivity contribution is 5.92. The Hall–Kier alpha value is -1.33. The molecule has 1 amide bonds. The molecule has 1 aliphatic rings.